The molecule has 1 amide bonds. The molecule has 3 heteroatoms. The van der Waals surface area contributed by atoms with E-state index < -0.39 is 0 Å². The van der Waals surface area contributed by atoms with Gasteiger partial charge in [-0.15, -0.1) is 0 Å². The van der Waals surface area contributed by atoms with Crippen LogP contribution in [0.5, 0.6) is 0 Å². The van der Waals surface area contributed by atoms with Gasteiger partial charge in [-0.25, -0.2) is 0 Å². The third-order valence-corrected chi connectivity index (χ3v) is 2.72. The van der Waals surface area contributed by atoms with Gasteiger partial charge in [-0.1, -0.05) is 0 Å². The third kappa shape index (κ3) is 1.38. The van der Waals surface area contributed by atoms with Gasteiger partial charge in [-0.3, -0.25) is 4.79 Å². The molecule has 2 rings (SSSR count). The Labute approximate surface area is 66.5 Å². The van der Waals surface area contributed by atoms with Crippen molar-refractivity contribution in [3.05, 3.63) is 0 Å². The van der Waals surface area contributed by atoms with E-state index in [4.69, 9.17) is 0 Å². The molecule has 0 aliphatic carbocycles. The van der Waals surface area contributed by atoms with Gasteiger partial charge in [-0.05, 0) is 25.3 Å². The molecule has 0 radical (unpaired) electrons. The van der Waals surface area contributed by atoms with E-state index in [1.165, 1.54) is 6.42 Å². The standard InChI is InChI=1S/C8H14N2O/c11-8-5-6-1-3-9-7(6)2-4-10-8/h6-7,9H,1-5H2,(H,10,11). The molecule has 0 aromatic rings. The lowest BCUT2D eigenvalue weighted by Crippen LogP contribution is -2.27. The van der Waals surface area contributed by atoms with Crippen LogP contribution in [0.4, 0.5) is 0 Å². The van der Waals surface area contributed by atoms with E-state index in [0.717, 1.165) is 25.9 Å². The highest BCUT2D eigenvalue weighted by Crippen LogP contribution is 2.22. The van der Waals surface area contributed by atoms with Crippen molar-refractivity contribution in [1.29, 1.82) is 0 Å². The molecule has 2 heterocycles. The maximum absolute atomic E-state index is 11.1. The Balaban J connectivity index is 2.03. The predicted octanol–water partition coefficient (Wildman–Crippen LogP) is -0.126. The summed E-state index contributed by atoms with van der Waals surface area (Å²) in [7, 11) is 0. The van der Waals surface area contributed by atoms with Crippen LogP contribution in [0.25, 0.3) is 0 Å². The van der Waals surface area contributed by atoms with Crippen LogP contribution in [0.15, 0.2) is 0 Å². The molecule has 0 saturated carbocycles. The molecule has 11 heavy (non-hydrogen) atoms. The largest absolute Gasteiger partial charge is 0.356 e. The Morgan fingerprint density at radius 1 is 1.27 bits per heavy atom. The second kappa shape index (κ2) is 2.81. The Bertz CT molecular complexity index is 169. The van der Waals surface area contributed by atoms with Crippen LogP contribution in [0, 0.1) is 5.92 Å². The highest BCUT2D eigenvalue weighted by Gasteiger charge is 2.30. The summed E-state index contributed by atoms with van der Waals surface area (Å²) in [6.07, 6.45) is 3.02. The average molecular weight is 154 g/mol. The summed E-state index contributed by atoms with van der Waals surface area (Å²) in [5.41, 5.74) is 0. The molecular formula is C8H14N2O. The van der Waals surface area contributed by atoms with E-state index in [2.05, 4.69) is 10.6 Å². The van der Waals surface area contributed by atoms with Crippen LogP contribution < -0.4 is 10.6 Å². The third-order valence-electron chi connectivity index (χ3n) is 2.72. The molecule has 2 aliphatic heterocycles. The summed E-state index contributed by atoms with van der Waals surface area (Å²) < 4.78 is 0. The normalized spacial score (nSPS) is 37.6. The molecule has 2 unspecified atom stereocenters. The fourth-order valence-corrected chi connectivity index (χ4v) is 2.08. The number of rotatable bonds is 0. The van der Waals surface area contributed by atoms with Gasteiger partial charge >= 0.3 is 0 Å². The smallest absolute Gasteiger partial charge is 0.220 e. The molecule has 0 bridgehead atoms. The fourth-order valence-electron chi connectivity index (χ4n) is 2.08. The second-order valence-electron chi connectivity index (χ2n) is 3.45. The van der Waals surface area contributed by atoms with Gasteiger partial charge in [0.2, 0.25) is 5.91 Å². The maximum atomic E-state index is 11.1. The predicted molar refractivity (Wildman–Crippen MR) is 42.1 cm³/mol. The molecular weight excluding hydrogens is 140 g/mol. The van der Waals surface area contributed by atoms with Gasteiger partial charge in [0, 0.05) is 19.0 Å². The van der Waals surface area contributed by atoms with Crippen molar-refractivity contribution < 1.29 is 4.79 Å². The second-order valence-corrected chi connectivity index (χ2v) is 3.45. The fraction of sp³-hybridized carbons (Fsp3) is 0.875. The van der Waals surface area contributed by atoms with Gasteiger partial charge in [0.1, 0.15) is 0 Å². The van der Waals surface area contributed by atoms with E-state index in [1.54, 1.807) is 0 Å². The summed E-state index contributed by atoms with van der Waals surface area (Å²) in [5.74, 6) is 0.846. The van der Waals surface area contributed by atoms with Crippen molar-refractivity contribution in [2.75, 3.05) is 13.1 Å². The van der Waals surface area contributed by atoms with Gasteiger partial charge in [-0.2, -0.15) is 0 Å². The molecule has 2 atom stereocenters. The number of nitrogens with one attached hydrogen (secondary N) is 2. The topological polar surface area (TPSA) is 41.1 Å². The molecule has 0 aromatic heterocycles. The minimum atomic E-state index is 0.237. The van der Waals surface area contributed by atoms with Crippen molar-refractivity contribution in [3.8, 4) is 0 Å². The monoisotopic (exact) mass is 154 g/mol. The molecule has 2 aliphatic rings. The average Bonchev–Trinajstić information content (AvgIpc) is 2.31. The first-order chi connectivity index (χ1) is 5.36. The van der Waals surface area contributed by atoms with Crippen molar-refractivity contribution in [2.45, 2.75) is 25.3 Å². The number of carbonyl (C=O) groups is 1. The summed E-state index contributed by atoms with van der Waals surface area (Å²) in [6.45, 7) is 1.95. The molecule has 2 saturated heterocycles. The minimum absolute atomic E-state index is 0.237. The van der Waals surface area contributed by atoms with Crippen molar-refractivity contribution in [3.63, 3.8) is 0 Å². The lowest BCUT2D eigenvalue weighted by Gasteiger charge is -2.13. The number of amides is 1. The quantitative estimate of drug-likeness (QED) is 0.510. The zero-order chi connectivity index (χ0) is 7.68. The zero-order valence-corrected chi connectivity index (χ0v) is 6.60. The molecule has 2 N–H and O–H groups in total. The van der Waals surface area contributed by atoms with Gasteiger partial charge in [0.15, 0.2) is 0 Å². The van der Waals surface area contributed by atoms with Crippen molar-refractivity contribution in [1.82, 2.24) is 10.6 Å². The van der Waals surface area contributed by atoms with E-state index in [9.17, 15) is 4.79 Å². The number of hydrogen-bond acceptors (Lipinski definition) is 2. The van der Waals surface area contributed by atoms with Crippen LogP contribution in [0.3, 0.4) is 0 Å². The zero-order valence-electron chi connectivity index (χ0n) is 6.60. The highest BCUT2D eigenvalue weighted by atomic mass is 16.1. The number of fused-ring (bicyclic) bond motifs is 1. The van der Waals surface area contributed by atoms with Crippen LogP contribution in [0.1, 0.15) is 19.3 Å². The summed E-state index contributed by atoms with van der Waals surface area (Å²) >= 11 is 0. The van der Waals surface area contributed by atoms with E-state index in [-0.39, 0.29) is 5.91 Å². The number of hydrogen-bond donors (Lipinski definition) is 2. The van der Waals surface area contributed by atoms with E-state index >= 15 is 0 Å². The summed E-state index contributed by atoms with van der Waals surface area (Å²) in [5, 5.41) is 6.32. The van der Waals surface area contributed by atoms with E-state index in [0.29, 0.717) is 12.0 Å². The summed E-state index contributed by atoms with van der Waals surface area (Å²) in [4.78, 5) is 11.1. The first-order valence-electron chi connectivity index (χ1n) is 4.36. The molecule has 0 aromatic carbocycles. The first-order valence-corrected chi connectivity index (χ1v) is 4.36. The van der Waals surface area contributed by atoms with Crippen LogP contribution >= 0.6 is 0 Å². The van der Waals surface area contributed by atoms with Crippen LogP contribution in [-0.4, -0.2) is 25.0 Å². The molecule has 0 spiro atoms. The van der Waals surface area contributed by atoms with E-state index in [1.807, 2.05) is 0 Å². The van der Waals surface area contributed by atoms with Crippen LogP contribution in [0.2, 0.25) is 0 Å². The minimum Gasteiger partial charge on any atom is -0.356 e. The van der Waals surface area contributed by atoms with Crippen molar-refractivity contribution in [2.24, 2.45) is 5.92 Å². The Hall–Kier alpha value is -0.570. The molecule has 3 nitrogen and oxygen atoms in total. The van der Waals surface area contributed by atoms with Gasteiger partial charge in [0.25, 0.3) is 0 Å². The Kier molecular flexibility index (Phi) is 1.82. The Morgan fingerprint density at radius 2 is 2.18 bits per heavy atom. The first kappa shape index (κ1) is 7.10. The lowest BCUT2D eigenvalue weighted by molar-refractivity contribution is -0.121. The lowest BCUT2D eigenvalue weighted by atomic mass is 9.96. The van der Waals surface area contributed by atoms with Crippen LogP contribution in [-0.2, 0) is 4.79 Å². The molecule has 62 valence electrons. The Morgan fingerprint density at radius 3 is 3.09 bits per heavy atom. The van der Waals surface area contributed by atoms with Crippen molar-refractivity contribution >= 4 is 5.91 Å². The maximum Gasteiger partial charge on any atom is 0.220 e. The SMILES string of the molecule is O=C1CC2CCNC2CCN1. The summed E-state index contributed by atoms with van der Waals surface area (Å²) in [6, 6.07) is 0.606. The molecule has 2 fully saturated rings. The van der Waals surface area contributed by atoms with Gasteiger partial charge in [0.05, 0.1) is 0 Å². The highest BCUT2D eigenvalue weighted by molar-refractivity contribution is 5.76. The number of carbonyl (C=O) groups excluding carboxylic acids is 1. The van der Waals surface area contributed by atoms with Gasteiger partial charge < -0.3 is 10.6 Å².